The van der Waals surface area contributed by atoms with Crippen LogP contribution in [-0.4, -0.2) is 23.8 Å². The van der Waals surface area contributed by atoms with E-state index in [1.54, 1.807) is 0 Å². The second-order valence-corrected chi connectivity index (χ2v) is 3.65. The Balaban J connectivity index is 1.97. The van der Waals surface area contributed by atoms with Crippen molar-refractivity contribution in [3.63, 3.8) is 0 Å². The molecule has 0 bridgehead atoms. The molecule has 0 aliphatic heterocycles. The summed E-state index contributed by atoms with van der Waals surface area (Å²) >= 11 is 0. The summed E-state index contributed by atoms with van der Waals surface area (Å²) in [5.74, 6) is -0.387. The summed E-state index contributed by atoms with van der Waals surface area (Å²) in [4.78, 5) is 26.9. The van der Waals surface area contributed by atoms with Gasteiger partial charge in [-0.2, -0.15) is 0 Å². The van der Waals surface area contributed by atoms with Crippen LogP contribution in [-0.2, 0) is 4.79 Å². The van der Waals surface area contributed by atoms with Gasteiger partial charge >= 0.3 is 0 Å². The zero-order valence-corrected chi connectivity index (χ0v) is 8.49. The van der Waals surface area contributed by atoms with Gasteiger partial charge < -0.3 is 10.6 Å². The van der Waals surface area contributed by atoms with Crippen molar-refractivity contribution in [2.24, 2.45) is 5.92 Å². The molecule has 1 aromatic heterocycles. The van der Waals surface area contributed by atoms with Gasteiger partial charge in [0.15, 0.2) is 0 Å². The molecule has 1 saturated carbocycles. The standard InChI is InChI=1S/C11H13N3O2/c1-12-10(15)8-4-5-9(13-6-8)14-11(16)7-2-3-7/h4-7H,2-3H2,1H3,(H,12,15)(H,13,14,16)/i1D3. The molecular weight excluding hydrogens is 206 g/mol. The Morgan fingerprint density at radius 3 is 2.88 bits per heavy atom. The lowest BCUT2D eigenvalue weighted by Gasteiger charge is -2.04. The third-order valence-electron chi connectivity index (χ3n) is 2.34. The predicted molar refractivity (Wildman–Crippen MR) is 59.0 cm³/mol. The highest BCUT2D eigenvalue weighted by Crippen LogP contribution is 2.29. The number of rotatable bonds is 3. The molecule has 2 N–H and O–H groups in total. The van der Waals surface area contributed by atoms with Crippen LogP contribution in [0, 0.1) is 5.92 Å². The van der Waals surface area contributed by atoms with E-state index in [2.05, 4.69) is 10.3 Å². The van der Waals surface area contributed by atoms with Crippen LogP contribution in [0.1, 0.15) is 27.3 Å². The molecule has 0 saturated heterocycles. The Kier molecular flexibility index (Phi) is 1.98. The molecule has 1 aliphatic carbocycles. The van der Waals surface area contributed by atoms with Crippen LogP contribution >= 0.6 is 0 Å². The minimum atomic E-state index is -2.53. The molecule has 2 rings (SSSR count). The van der Waals surface area contributed by atoms with Gasteiger partial charge in [0.25, 0.3) is 5.91 Å². The molecule has 2 amide bonds. The van der Waals surface area contributed by atoms with Crippen LogP contribution in [0.3, 0.4) is 0 Å². The zero-order chi connectivity index (χ0) is 14.0. The molecule has 5 nitrogen and oxygen atoms in total. The monoisotopic (exact) mass is 222 g/mol. The van der Waals surface area contributed by atoms with Crippen molar-refractivity contribution < 1.29 is 13.7 Å². The Hall–Kier alpha value is -1.91. The second kappa shape index (κ2) is 4.30. The molecule has 0 spiro atoms. The number of hydrogen-bond donors (Lipinski definition) is 2. The normalized spacial score (nSPS) is 17.9. The van der Waals surface area contributed by atoms with Crippen molar-refractivity contribution in [2.45, 2.75) is 12.8 Å². The van der Waals surface area contributed by atoms with E-state index in [0.717, 1.165) is 12.8 Å². The van der Waals surface area contributed by atoms with Crippen LogP contribution in [0.4, 0.5) is 5.82 Å². The van der Waals surface area contributed by atoms with E-state index in [-0.39, 0.29) is 17.4 Å². The molecular formula is C11H13N3O2. The van der Waals surface area contributed by atoms with Gasteiger partial charge in [-0.3, -0.25) is 9.59 Å². The van der Waals surface area contributed by atoms with Crippen molar-refractivity contribution in [1.29, 1.82) is 0 Å². The average Bonchev–Trinajstić information content (AvgIpc) is 3.11. The van der Waals surface area contributed by atoms with Crippen molar-refractivity contribution in [3.8, 4) is 0 Å². The number of carbonyl (C=O) groups is 2. The summed E-state index contributed by atoms with van der Waals surface area (Å²) in [6, 6.07) is 2.88. The summed E-state index contributed by atoms with van der Waals surface area (Å²) in [5.41, 5.74) is 0.126. The zero-order valence-electron chi connectivity index (χ0n) is 11.5. The fourth-order valence-electron chi connectivity index (χ4n) is 1.25. The second-order valence-electron chi connectivity index (χ2n) is 3.65. The van der Waals surface area contributed by atoms with E-state index >= 15 is 0 Å². The molecule has 0 aromatic carbocycles. The fraction of sp³-hybridized carbons (Fsp3) is 0.364. The molecule has 5 heteroatoms. The fourth-order valence-corrected chi connectivity index (χ4v) is 1.25. The first-order valence-corrected chi connectivity index (χ1v) is 4.94. The summed E-state index contributed by atoms with van der Waals surface area (Å²) in [5, 5.41) is 4.48. The number of amides is 2. The number of nitrogens with zero attached hydrogens (tertiary/aromatic N) is 1. The lowest BCUT2D eigenvalue weighted by molar-refractivity contribution is -0.117. The van der Waals surface area contributed by atoms with Gasteiger partial charge in [0, 0.05) is 23.2 Å². The number of hydrogen-bond acceptors (Lipinski definition) is 3. The lowest BCUT2D eigenvalue weighted by atomic mass is 10.2. The van der Waals surface area contributed by atoms with Crippen molar-refractivity contribution in [1.82, 2.24) is 10.3 Å². The van der Waals surface area contributed by atoms with Gasteiger partial charge in [-0.15, -0.1) is 0 Å². The molecule has 0 unspecified atom stereocenters. The van der Waals surface area contributed by atoms with Crippen molar-refractivity contribution >= 4 is 17.6 Å². The minimum Gasteiger partial charge on any atom is -0.355 e. The Bertz CT molecular complexity index is 495. The molecule has 1 heterocycles. The van der Waals surface area contributed by atoms with E-state index in [1.807, 2.05) is 5.32 Å². The number of carbonyl (C=O) groups excluding carboxylic acids is 2. The third kappa shape index (κ3) is 2.36. The maximum atomic E-state index is 11.5. The van der Waals surface area contributed by atoms with Crippen LogP contribution in [0.5, 0.6) is 0 Å². The highest BCUT2D eigenvalue weighted by atomic mass is 16.2. The number of nitrogens with one attached hydrogen (secondary N) is 2. The van der Waals surface area contributed by atoms with E-state index in [0.29, 0.717) is 5.82 Å². The molecule has 0 atom stereocenters. The van der Waals surface area contributed by atoms with E-state index < -0.39 is 12.9 Å². The summed E-state index contributed by atoms with van der Waals surface area (Å²) in [6.45, 7) is -2.53. The van der Waals surface area contributed by atoms with Crippen molar-refractivity contribution in [3.05, 3.63) is 23.9 Å². The van der Waals surface area contributed by atoms with Gasteiger partial charge in [0.05, 0.1) is 5.56 Å². The van der Waals surface area contributed by atoms with Crippen LogP contribution in [0.15, 0.2) is 18.3 Å². The van der Waals surface area contributed by atoms with Crippen LogP contribution in [0.25, 0.3) is 0 Å². The SMILES string of the molecule is [2H]C([2H])([2H])NC(=O)c1ccc(NC(=O)C2CC2)nc1. The molecule has 1 fully saturated rings. The first kappa shape index (κ1) is 7.38. The average molecular weight is 222 g/mol. The third-order valence-corrected chi connectivity index (χ3v) is 2.34. The van der Waals surface area contributed by atoms with Crippen LogP contribution < -0.4 is 10.6 Å². The maximum absolute atomic E-state index is 11.5. The topological polar surface area (TPSA) is 71.1 Å². The Labute approximate surface area is 97.5 Å². The number of pyridine rings is 1. The lowest BCUT2D eigenvalue weighted by Crippen LogP contribution is -2.18. The Morgan fingerprint density at radius 1 is 1.50 bits per heavy atom. The van der Waals surface area contributed by atoms with Gasteiger partial charge in [0.1, 0.15) is 5.82 Å². The van der Waals surface area contributed by atoms with Crippen LogP contribution in [0.2, 0.25) is 0 Å². The quantitative estimate of drug-likeness (QED) is 0.794. The van der Waals surface area contributed by atoms with Gasteiger partial charge in [-0.1, -0.05) is 0 Å². The van der Waals surface area contributed by atoms with Crippen molar-refractivity contribution in [2.75, 3.05) is 12.3 Å². The smallest absolute Gasteiger partial charge is 0.252 e. The predicted octanol–water partition coefficient (Wildman–Crippen LogP) is 0.790. The first-order chi connectivity index (χ1) is 8.85. The Morgan fingerprint density at radius 2 is 2.31 bits per heavy atom. The molecule has 84 valence electrons. The summed E-state index contributed by atoms with van der Waals surface area (Å²) in [7, 11) is 0. The number of aromatic nitrogens is 1. The minimum absolute atomic E-state index is 0.0698. The molecule has 1 aromatic rings. The highest BCUT2D eigenvalue weighted by Gasteiger charge is 2.29. The van der Waals surface area contributed by atoms with Gasteiger partial charge in [0.2, 0.25) is 5.91 Å². The molecule has 16 heavy (non-hydrogen) atoms. The summed E-state index contributed by atoms with van der Waals surface area (Å²) < 4.78 is 20.8. The largest absolute Gasteiger partial charge is 0.355 e. The summed E-state index contributed by atoms with van der Waals surface area (Å²) in [6.07, 6.45) is 3.01. The molecule has 0 radical (unpaired) electrons. The highest BCUT2D eigenvalue weighted by molar-refractivity contribution is 5.95. The molecule has 1 aliphatic rings. The maximum Gasteiger partial charge on any atom is 0.252 e. The first-order valence-electron chi connectivity index (χ1n) is 6.44. The van der Waals surface area contributed by atoms with E-state index in [4.69, 9.17) is 4.11 Å². The number of anilines is 1. The van der Waals surface area contributed by atoms with Gasteiger partial charge in [-0.25, -0.2) is 4.98 Å². The van der Waals surface area contributed by atoms with E-state index in [1.165, 1.54) is 18.3 Å². The van der Waals surface area contributed by atoms with Gasteiger partial charge in [-0.05, 0) is 25.0 Å². The van der Waals surface area contributed by atoms with E-state index in [9.17, 15) is 9.59 Å².